The van der Waals surface area contributed by atoms with E-state index in [1.165, 1.54) is 12.1 Å². The van der Waals surface area contributed by atoms with E-state index < -0.39 is 5.82 Å². The van der Waals surface area contributed by atoms with Gasteiger partial charge in [-0.1, -0.05) is 32.0 Å². The number of aromatic nitrogens is 3. The van der Waals surface area contributed by atoms with E-state index in [1.54, 1.807) is 16.7 Å². The first-order valence-electron chi connectivity index (χ1n) is 9.56. The van der Waals surface area contributed by atoms with Gasteiger partial charge in [0.25, 0.3) is 5.91 Å². The average molecular weight is 391 g/mol. The summed E-state index contributed by atoms with van der Waals surface area (Å²) in [5.74, 6) is -0.0683. The highest BCUT2D eigenvalue weighted by Crippen LogP contribution is 2.31. The van der Waals surface area contributed by atoms with Crippen LogP contribution >= 0.6 is 0 Å². The zero-order valence-corrected chi connectivity index (χ0v) is 16.3. The van der Waals surface area contributed by atoms with Crippen molar-refractivity contribution in [3.05, 3.63) is 59.9 Å². The van der Waals surface area contributed by atoms with Crippen LogP contribution in [0.3, 0.4) is 0 Å². The lowest BCUT2D eigenvalue weighted by Gasteiger charge is -2.09. The SMILES string of the molecule is CC(C)CCNC(=O)c1c(N)n(-c2cccc(F)c2)c2nc3ccccc3nc12. The molecule has 2 aromatic heterocycles. The number of benzene rings is 2. The summed E-state index contributed by atoms with van der Waals surface area (Å²) in [5.41, 5.74) is 9.27. The topological polar surface area (TPSA) is 85.8 Å². The minimum absolute atomic E-state index is 0.183. The predicted octanol–water partition coefficient (Wildman–Crippen LogP) is 4.07. The monoisotopic (exact) mass is 391 g/mol. The first-order valence-corrected chi connectivity index (χ1v) is 9.56. The predicted molar refractivity (Wildman–Crippen MR) is 113 cm³/mol. The standard InChI is InChI=1S/C22H22FN5O/c1-13(2)10-11-25-22(29)18-19-21(27-17-9-4-3-8-16(17)26-19)28(20(18)24)15-7-5-6-14(23)12-15/h3-9,12-13H,10-11,24H2,1-2H3,(H,25,29). The number of carbonyl (C=O) groups is 1. The van der Waals surface area contributed by atoms with Gasteiger partial charge in [0.1, 0.15) is 22.7 Å². The largest absolute Gasteiger partial charge is 0.384 e. The van der Waals surface area contributed by atoms with Crippen molar-refractivity contribution in [2.24, 2.45) is 5.92 Å². The maximum atomic E-state index is 13.9. The van der Waals surface area contributed by atoms with Gasteiger partial charge in [-0.3, -0.25) is 9.36 Å². The van der Waals surface area contributed by atoms with E-state index in [-0.39, 0.29) is 17.3 Å². The van der Waals surface area contributed by atoms with E-state index in [9.17, 15) is 9.18 Å². The summed E-state index contributed by atoms with van der Waals surface area (Å²) in [6, 6.07) is 13.4. The molecule has 6 nitrogen and oxygen atoms in total. The Bertz CT molecular complexity index is 1210. The molecule has 0 bridgehead atoms. The highest BCUT2D eigenvalue weighted by molar-refractivity contribution is 6.11. The highest BCUT2D eigenvalue weighted by Gasteiger charge is 2.24. The van der Waals surface area contributed by atoms with Crippen LogP contribution in [0.1, 0.15) is 30.6 Å². The number of nitrogens with two attached hydrogens (primary N) is 1. The Kier molecular flexibility index (Phi) is 4.88. The second kappa shape index (κ2) is 7.50. The number of nitrogens with one attached hydrogen (secondary N) is 1. The third kappa shape index (κ3) is 3.51. The number of nitrogens with zero attached hydrogens (tertiary/aromatic N) is 3. The zero-order chi connectivity index (χ0) is 20.5. The van der Waals surface area contributed by atoms with Crippen molar-refractivity contribution in [1.29, 1.82) is 0 Å². The van der Waals surface area contributed by atoms with Crippen LogP contribution in [-0.2, 0) is 0 Å². The minimum Gasteiger partial charge on any atom is -0.384 e. The number of para-hydroxylation sites is 2. The van der Waals surface area contributed by atoms with Crippen LogP contribution in [0.4, 0.5) is 10.2 Å². The summed E-state index contributed by atoms with van der Waals surface area (Å²) < 4.78 is 15.5. The molecule has 148 valence electrons. The van der Waals surface area contributed by atoms with Gasteiger partial charge in [0.15, 0.2) is 5.65 Å². The van der Waals surface area contributed by atoms with Crippen molar-refractivity contribution in [3.63, 3.8) is 0 Å². The van der Waals surface area contributed by atoms with Gasteiger partial charge in [-0.25, -0.2) is 14.4 Å². The molecule has 0 unspecified atom stereocenters. The van der Waals surface area contributed by atoms with Crippen molar-refractivity contribution in [2.75, 3.05) is 12.3 Å². The van der Waals surface area contributed by atoms with Crippen LogP contribution in [0.2, 0.25) is 0 Å². The summed E-state index contributed by atoms with van der Waals surface area (Å²) >= 11 is 0. The first kappa shape index (κ1) is 18.9. The number of anilines is 1. The van der Waals surface area contributed by atoms with Gasteiger partial charge in [-0.2, -0.15) is 0 Å². The van der Waals surface area contributed by atoms with Gasteiger partial charge >= 0.3 is 0 Å². The second-order valence-electron chi connectivity index (χ2n) is 7.40. The summed E-state index contributed by atoms with van der Waals surface area (Å²) in [5, 5.41) is 2.91. The lowest BCUT2D eigenvalue weighted by molar-refractivity contribution is 0.0954. The highest BCUT2D eigenvalue weighted by atomic mass is 19.1. The van der Waals surface area contributed by atoms with Gasteiger partial charge in [0.05, 0.1) is 16.7 Å². The molecule has 0 atom stereocenters. The summed E-state index contributed by atoms with van der Waals surface area (Å²) in [6.07, 6.45) is 0.850. The molecule has 0 fully saturated rings. The fraction of sp³-hybridized carbons (Fsp3) is 0.227. The molecule has 4 aromatic rings. The van der Waals surface area contributed by atoms with Gasteiger partial charge in [0, 0.05) is 6.54 Å². The number of hydrogen-bond donors (Lipinski definition) is 2. The molecule has 0 radical (unpaired) electrons. The molecule has 29 heavy (non-hydrogen) atoms. The molecule has 0 aliphatic rings. The number of amides is 1. The second-order valence-corrected chi connectivity index (χ2v) is 7.40. The van der Waals surface area contributed by atoms with E-state index in [4.69, 9.17) is 5.73 Å². The number of fused-ring (bicyclic) bond motifs is 2. The Labute approximate surface area is 167 Å². The molecule has 0 saturated heterocycles. The van der Waals surface area contributed by atoms with Crippen molar-refractivity contribution < 1.29 is 9.18 Å². The lowest BCUT2D eigenvalue weighted by Crippen LogP contribution is -2.26. The molecule has 0 spiro atoms. The molecular formula is C22H22FN5O. The molecule has 7 heteroatoms. The number of hydrogen-bond acceptors (Lipinski definition) is 4. The number of halogens is 1. The molecule has 1 amide bonds. The van der Waals surface area contributed by atoms with Gasteiger partial charge in [-0.05, 0) is 42.7 Å². The van der Waals surface area contributed by atoms with Crippen molar-refractivity contribution in [2.45, 2.75) is 20.3 Å². The van der Waals surface area contributed by atoms with E-state index in [0.717, 1.165) is 6.42 Å². The molecule has 3 N–H and O–H groups in total. The number of rotatable bonds is 5. The molecule has 0 saturated carbocycles. The fourth-order valence-electron chi connectivity index (χ4n) is 3.32. The fourth-order valence-corrected chi connectivity index (χ4v) is 3.32. The number of carbonyl (C=O) groups excluding carboxylic acids is 1. The maximum Gasteiger partial charge on any atom is 0.257 e. The molecule has 0 aliphatic heterocycles. The summed E-state index contributed by atoms with van der Waals surface area (Å²) in [7, 11) is 0. The first-order chi connectivity index (χ1) is 14.0. The Hall–Kier alpha value is -3.48. The van der Waals surface area contributed by atoms with Crippen LogP contribution in [-0.4, -0.2) is 27.0 Å². The molecule has 2 heterocycles. The molecule has 0 aliphatic carbocycles. The van der Waals surface area contributed by atoms with Gasteiger partial charge in [0.2, 0.25) is 0 Å². The van der Waals surface area contributed by atoms with Crippen LogP contribution in [0, 0.1) is 11.7 Å². The smallest absolute Gasteiger partial charge is 0.257 e. The van der Waals surface area contributed by atoms with Gasteiger partial charge < -0.3 is 11.1 Å². The van der Waals surface area contributed by atoms with E-state index in [1.807, 2.05) is 24.3 Å². The molecular weight excluding hydrogens is 369 g/mol. The van der Waals surface area contributed by atoms with E-state index >= 15 is 0 Å². The van der Waals surface area contributed by atoms with Crippen LogP contribution in [0.5, 0.6) is 0 Å². The third-order valence-corrected chi connectivity index (χ3v) is 4.80. The van der Waals surface area contributed by atoms with Crippen LogP contribution in [0.25, 0.3) is 27.9 Å². The van der Waals surface area contributed by atoms with Gasteiger partial charge in [-0.15, -0.1) is 0 Å². The normalized spacial score (nSPS) is 11.4. The Balaban J connectivity index is 1.93. The summed E-state index contributed by atoms with van der Waals surface area (Å²) in [4.78, 5) is 22.3. The Morgan fingerprint density at radius 3 is 2.55 bits per heavy atom. The quantitative estimate of drug-likeness (QED) is 0.537. The molecule has 2 aromatic carbocycles. The van der Waals surface area contributed by atoms with E-state index in [0.29, 0.717) is 40.3 Å². The average Bonchev–Trinajstić information content (AvgIpc) is 2.96. The van der Waals surface area contributed by atoms with Crippen LogP contribution < -0.4 is 11.1 Å². The number of nitrogen functional groups attached to an aromatic ring is 1. The van der Waals surface area contributed by atoms with Crippen molar-refractivity contribution >= 4 is 33.9 Å². The molecule has 4 rings (SSSR count). The zero-order valence-electron chi connectivity index (χ0n) is 16.3. The lowest BCUT2D eigenvalue weighted by atomic mass is 10.1. The Morgan fingerprint density at radius 2 is 1.86 bits per heavy atom. The minimum atomic E-state index is -0.402. The maximum absolute atomic E-state index is 13.9. The summed E-state index contributed by atoms with van der Waals surface area (Å²) in [6.45, 7) is 4.71. The van der Waals surface area contributed by atoms with Crippen molar-refractivity contribution in [1.82, 2.24) is 19.9 Å². The van der Waals surface area contributed by atoms with E-state index in [2.05, 4.69) is 29.1 Å². The van der Waals surface area contributed by atoms with Crippen LogP contribution in [0.15, 0.2) is 48.5 Å². The Morgan fingerprint density at radius 1 is 1.14 bits per heavy atom. The third-order valence-electron chi connectivity index (χ3n) is 4.80. The van der Waals surface area contributed by atoms with Crippen molar-refractivity contribution in [3.8, 4) is 5.69 Å².